The summed E-state index contributed by atoms with van der Waals surface area (Å²) in [4.78, 5) is 26.7. The normalized spacial score (nSPS) is 15.1. The van der Waals surface area contributed by atoms with E-state index in [1.807, 2.05) is 29.2 Å². The van der Waals surface area contributed by atoms with E-state index in [9.17, 15) is 9.59 Å². The highest BCUT2D eigenvalue weighted by Gasteiger charge is 2.22. The zero-order chi connectivity index (χ0) is 21.3. The highest BCUT2D eigenvalue weighted by Crippen LogP contribution is 2.38. The largest absolute Gasteiger partial charge is 0.349 e. The van der Waals surface area contributed by atoms with Crippen molar-refractivity contribution < 1.29 is 9.59 Å². The van der Waals surface area contributed by atoms with E-state index in [2.05, 4.69) is 34.2 Å². The molecule has 7 nitrogen and oxygen atoms in total. The Labute approximate surface area is 179 Å². The van der Waals surface area contributed by atoms with Gasteiger partial charge in [0, 0.05) is 55.9 Å². The lowest BCUT2D eigenvalue weighted by atomic mass is 10.1. The quantitative estimate of drug-likeness (QED) is 0.294. The third-order valence-corrected chi connectivity index (χ3v) is 5.94. The van der Waals surface area contributed by atoms with Crippen molar-refractivity contribution in [3.05, 3.63) is 41.4 Å². The number of rotatable bonds is 5. The van der Waals surface area contributed by atoms with Crippen molar-refractivity contribution in [1.82, 2.24) is 14.4 Å². The number of benzene rings is 2. The molecule has 1 saturated heterocycles. The number of Topliss-reactive ketones (excluding diaryl/α,β-unsaturated/α-hetero) is 1. The van der Waals surface area contributed by atoms with E-state index in [4.69, 9.17) is 11.6 Å². The summed E-state index contributed by atoms with van der Waals surface area (Å²) in [6.07, 6.45) is 0.835. The first-order valence-electron chi connectivity index (χ1n) is 10.0. The standard InChI is InChI=1S/C22H24ClN5O2/c1-3-28-18-7-5-4-6-16(18)20-19(28)9-8-17(21(20)23)24-25-22(15(2)30)27-12-10-26(14-29)11-13-27/h4-9,14,24H,3,10-13H2,1-2H3/b25-22+. The van der Waals surface area contributed by atoms with Crippen LogP contribution in [0.5, 0.6) is 0 Å². The molecule has 1 fully saturated rings. The number of nitrogens with one attached hydrogen (secondary N) is 1. The smallest absolute Gasteiger partial charge is 0.209 e. The van der Waals surface area contributed by atoms with Crippen molar-refractivity contribution in [1.29, 1.82) is 0 Å². The number of aryl methyl sites for hydroxylation is 1. The van der Waals surface area contributed by atoms with Crippen LogP contribution in [0, 0.1) is 0 Å². The van der Waals surface area contributed by atoms with Gasteiger partial charge in [-0.1, -0.05) is 29.8 Å². The lowest BCUT2D eigenvalue weighted by molar-refractivity contribution is -0.119. The molecule has 1 aromatic heterocycles. The van der Waals surface area contributed by atoms with Crippen LogP contribution >= 0.6 is 11.6 Å². The number of amidine groups is 1. The number of nitrogens with zero attached hydrogens (tertiary/aromatic N) is 4. The lowest BCUT2D eigenvalue weighted by Crippen LogP contribution is -2.50. The number of para-hydroxylation sites is 1. The van der Waals surface area contributed by atoms with Crippen molar-refractivity contribution >= 4 is 57.1 Å². The van der Waals surface area contributed by atoms with Gasteiger partial charge in [0.05, 0.1) is 16.2 Å². The van der Waals surface area contributed by atoms with E-state index in [0.29, 0.717) is 42.7 Å². The van der Waals surface area contributed by atoms with Gasteiger partial charge in [0.2, 0.25) is 6.41 Å². The number of carbonyl (C=O) groups is 2. The van der Waals surface area contributed by atoms with Gasteiger partial charge < -0.3 is 14.4 Å². The Morgan fingerprint density at radius 3 is 2.53 bits per heavy atom. The summed E-state index contributed by atoms with van der Waals surface area (Å²) in [6.45, 7) is 6.71. The van der Waals surface area contributed by atoms with Gasteiger partial charge in [0.15, 0.2) is 11.6 Å². The summed E-state index contributed by atoms with van der Waals surface area (Å²) in [5.41, 5.74) is 5.85. The Hall–Kier alpha value is -3.06. The van der Waals surface area contributed by atoms with E-state index >= 15 is 0 Å². The van der Waals surface area contributed by atoms with Gasteiger partial charge >= 0.3 is 0 Å². The van der Waals surface area contributed by atoms with E-state index in [1.165, 1.54) is 6.92 Å². The van der Waals surface area contributed by atoms with E-state index < -0.39 is 0 Å². The number of hydrazone groups is 1. The van der Waals surface area contributed by atoms with E-state index in [1.54, 1.807) is 4.90 Å². The molecule has 0 radical (unpaired) electrons. The molecule has 1 amide bonds. The van der Waals surface area contributed by atoms with Crippen molar-refractivity contribution in [3.63, 3.8) is 0 Å². The molecule has 4 rings (SSSR count). The molecule has 1 aliphatic rings. The zero-order valence-corrected chi connectivity index (χ0v) is 17.8. The van der Waals surface area contributed by atoms with Crippen molar-refractivity contribution in [2.24, 2.45) is 5.10 Å². The summed E-state index contributed by atoms with van der Waals surface area (Å²) in [6, 6.07) is 12.1. The maximum atomic E-state index is 12.2. The second kappa shape index (κ2) is 8.36. The van der Waals surface area contributed by atoms with Gasteiger partial charge in [-0.05, 0) is 25.1 Å². The molecule has 30 heavy (non-hydrogen) atoms. The number of anilines is 1. The minimum absolute atomic E-state index is 0.137. The minimum Gasteiger partial charge on any atom is -0.349 e. The molecule has 0 spiro atoms. The van der Waals surface area contributed by atoms with Gasteiger partial charge in [0.1, 0.15) is 0 Å². The van der Waals surface area contributed by atoms with Crippen LogP contribution in [0.25, 0.3) is 21.8 Å². The maximum absolute atomic E-state index is 12.2. The molecule has 156 valence electrons. The lowest BCUT2D eigenvalue weighted by Gasteiger charge is -2.33. The fourth-order valence-electron chi connectivity index (χ4n) is 4.05. The topological polar surface area (TPSA) is 69.9 Å². The Bertz CT molecular complexity index is 1150. The molecule has 2 heterocycles. The highest BCUT2D eigenvalue weighted by molar-refractivity contribution is 6.41. The van der Waals surface area contributed by atoms with Crippen molar-refractivity contribution in [2.45, 2.75) is 20.4 Å². The number of aromatic nitrogens is 1. The number of halogens is 1. The summed E-state index contributed by atoms with van der Waals surface area (Å²) in [5.74, 6) is 0.203. The Morgan fingerprint density at radius 2 is 1.87 bits per heavy atom. The molecule has 0 saturated carbocycles. The number of piperazine rings is 1. The van der Waals surface area contributed by atoms with Gasteiger partial charge in [-0.3, -0.25) is 15.0 Å². The Balaban J connectivity index is 1.69. The number of hydrogen-bond donors (Lipinski definition) is 1. The first kappa shape index (κ1) is 20.2. The molecular weight excluding hydrogens is 402 g/mol. The minimum atomic E-state index is -0.137. The molecule has 0 bridgehead atoms. The third kappa shape index (κ3) is 3.50. The predicted molar refractivity (Wildman–Crippen MR) is 121 cm³/mol. The molecule has 0 unspecified atom stereocenters. The third-order valence-electron chi connectivity index (χ3n) is 5.55. The first-order valence-corrected chi connectivity index (χ1v) is 10.4. The van der Waals surface area contributed by atoms with Gasteiger partial charge in [0.25, 0.3) is 0 Å². The number of hydrogen-bond acceptors (Lipinski definition) is 4. The zero-order valence-electron chi connectivity index (χ0n) is 17.1. The van der Waals surface area contributed by atoms with Gasteiger partial charge in [-0.2, -0.15) is 5.10 Å². The Kier molecular flexibility index (Phi) is 5.63. The van der Waals surface area contributed by atoms with E-state index in [-0.39, 0.29) is 5.78 Å². The molecule has 8 heteroatoms. The number of amides is 1. The van der Waals surface area contributed by atoms with Crippen molar-refractivity contribution in [3.8, 4) is 0 Å². The fraction of sp³-hybridized carbons (Fsp3) is 0.318. The molecule has 0 aliphatic carbocycles. The van der Waals surface area contributed by atoms with Crippen LogP contribution in [0.4, 0.5) is 5.69 Å². The monoisotopic (exact) mass is 425 g/mol. The van der Waals surface area contributed by atoms with Crippen LogP contribution in [0.2, 0.25) is 5.02 Å². The van der Waals surface area contributed by atoms with Crippen LogP contribution in [0.1, 0.15) is 13.8 Å². The summed E-state index contributed by atoms with van der Waals surface area (Å²) in [7, 11) is 0. The first-order chi connectivity index (χ1) is 14.5. The molecule has 1 N–H and O–H groups in total. The summed E-state index contributed by atoms with van der Waals surface area (Å²) >= 11 is 6.79. The average Bonchev–Trinajstić information content (AvgIpc) is 3.09. The number of carbonyl (C=O) groups excluding carboxylic acids is 2. The molecule has 2 aromatic carbocycles. The molecule has 3 aromatic rings. The van der Waals surface area contributed by atoms with Crippen LogP contribution in [0.15, 0.2) is 41.5 Å². The SMILES string of the molecule is CCn1c2ccccc2c2c(Cl)c(N/N=C(\C(C)=O)N3CCN(C=O)CC3)ccc21. The van der Waals surface area contributed by atoms with Crippen LogP contribution in [-0.2, 0) is 16.1 Å². The van der Waals surface area contributed by atoms with Crippen molar-refractivity contribution in [2.75, 3.05) is 31.6 Å². The fourth-order valence-corrected chi connectivity index (χ4v) is 4.35. The second-order valence-electron chi connectivity index (χ2n) is 7.31. The summed E-state index contributed by atoms with van der Waals surface area (Å²) in [5, 5.41) is 7.02. The average molecular weight is 426 g/mol. The summed E-state index contributed by atoms with van der Waals surface area (Å²) < 4.78 is 2.23. The predicted octanol–water partition coefficient (Wildman–Crippen LogP) is 3.56. The van der Waals surface area contributed by atoms with Crippen LogP contribution in [-0.4, -0.2) is 58.6 Å². The van der Waals surface area contributed by atoms with Gasteiger partial charge in [-0.25, -0.2) is 0 Å². The molecule has 0 atom stereocenters. The highest BCUT2D eigenvalue weighted by atomic mass is 35.5. The van der Waals surface area contributed by atoms with Gasteiger partial charge in [-0.15, -0.1) is 0 Å². The van der Waals surface area contributed by atoms with Crippen LogP contribution in [0.3, 0.4) is 0 Å². The van der Waals surface area contributed by atoms with Crippen LogP contribution < -0.4 is 5.43 Å². The van der Waals surface area contributed by atoms with E-state index in [0.717, 1.165) is 34.8 Å². The second-order valence-corrected chi connectivity index (χ2v) is 7.69. The maximum Gasteiger partial charge on any atom is 0.209 e. The number of ketones is 1. The molecule has 1 aliphatic heterocycles. The molecular formula is C22H24ClN5O2. The number of fused-ring (bicyclic) bond motifs is 3. The Morgan fingerprint density at radius 1 is 1.13 bits per heavy atom.